The zero-order valence-corrected chi connectivity index (χ0v) is 52.3. The van der Waals surface area contributed by atoms with Crippen molar-refractivity contribution in [2.24, 2.45) is 0 Å². The number of nitrogens with zero attached hydrogens (tertiary/aromatic N) is 4. The topological polar surface area (TPSA) is 182 Å². The molecule has 0 amide bonds. The number of aryl methyl sites for hydroxylation is 4. The summed E-state index contributed by atoms with van der Waals surface area (Å²) in [4.78, 5) is 17.4. The fourth-order valence-corrected chi connectivity index (χ4v) is 7.72. The first-order valence-corrected chi connectivity index (χ1v) is 26.3. The minimum absolute atomic E-state index is 0. The van der Waals surface area contributed by atoms with Crippen LogP contribution >= 0.6 is 0 Å². The van der Waals surface area contributed by atoms with Gasteiger partial charge in [-0.3, -0.25) is 4.98 Å². The molecular formula is C65H57F5Ir2N4O8S-4. The predicted molar refractivity (Wildman–Crippen MR) is 315 cm³/mol. The van der Waals surface area contributed by atoms with E-state index in [2.05, 4.69) is 54.6 Å². The van der Waals surface area contributed by atoms with Gasteiger partial charge in [0.05, 0.1) is 11.3 Å². The van der Waals surface area contributed by atoms with E-state index in [9.17, 15) is 30.4 Å². The molecule has 0 atom stereocenters. The molecule has 85 heavy (non-hydrogen) atoms. The first-order chi connectivity index (χ1) is 39.4. The van der Waals surface area contributed by atoms with Gasteiger partial charge in [0.15, 0.2) is 0 Å². The first-order valence-electron chi connectivity index (χ1n) is 24.9. The third-order valence-corrected chi connectivity index (χ3v) is 12.2. The van der Waals surface area contributed by atoms with Crippen molar-refractivity contribution in [2.75, 3.05) is 13.7 Å². The summed E-state index contributed by atoms with van der Waals surface area (Å²) in [6.07, 6.45) is 7.29. The molecule has 6 heterocycles. The number of halogens is 5. The Hall–Kier alpha value is -7.74. The Morgan fingerprint density at radius 3 is 1.42 bits per heavy atom. The second-order valence-electron chi connectivity index (χ2n) is 17.5. The van der Waals surface area contributed by atoms with Gasteiger partial charge in [0.2, 0.25) is 0 Å². The van der Waals surface area contributed by atoms with Crippen molar-refractivity contribution in [1.29, 1.82) is 0 Å². The molecule has 0 aliphatic carbocycles. The van der Waals surface area contributed by atoms with E-state index in [-0.39, 0.29) is 65.9 Å². The van der Waals surface area contributed by atoms with Gasteiger partial charge in [-0.2, -0.15) is 21.6 Å². The minimum Gasteiger partial charge on any atom is -0.500 e. The standard InChI is InChI=1S/C18H12FNO.C18H11FNO.2C12H10N.C2H6O.CHF3O4S.CH4O.CH3.2Ir/c2*1-11-7-8-20-16(9-11)15-4-2-3-14-13-6-5-12(19)10-17(13)21-18(14)15;2*1-10-7-8-12(13-9-10)11-5-3-2-4-6-11;1-2-3;2-1(3,4)9(6,7)8-5;1-2;;;/h2-10H,1H3;2-3,5-10H,1H3;2*2-5,7-9H,1H3;3H,2H2,1H3;5H;2H,1H3;1H3;;/q;3*-1;;;;-1;;. The molecule has 0 aliphatic heterocycles. The Morgan fingerprint density at radius 2 is 1.00 bits per heavy atom. The van der Waals surface area contributed by atoms with E-state index >= 15 is 0 Å². The largest absolute Gasteiger partial charge is 0.525 e. The second kappa shape index (κ2) is 34.3. The van der Waals surface area contributed by atoms with Gasteiger partial charge in [-0.1, -0.05) is 59.0 Å². The number of pyridine rings is 4. The zero-order valence-electron chi connectivity index (χ0n) is 46.7. The third kappa shape index (κ3) is 19.7. The summed E-state index contributed by atoms with van der Waals surface area (Å²) in [5.41, 5.74) is 9.03. The number of para-hydroxylation sites is 1. The van der Waals surface area contributed by atoms with E-state index in [1.54, 1.807) is 31.5 Å². The van der Waals surface area contributed by atoms with Crippen LogP contribution in [0.15, 0.2) is 197 Å². The number of aromatic nitrogens is 4. The summed E-state index contributed by atoms with van der Waals surface area (Å²) < 4.78 is 92.3. The fraction of sp³-hybridized carbons (Fsp3) is 0.123. The molecule has 3 N–H and O–H groups in total. The number of furan rings is 2. The molecule has 20 heteroatoms. The molecule has 0 fully saturated rings. The third-order valence-electron chi connectivity index (χ3n) is 11.4. The van der Waals surface area contributed by atoms with Crippen LogP contribution in [-0.4, -0.2) is 63.0 Å². The number of aliphatic hydroxyl groups is 2. The van der Waals surface area contributed by atoms with Crippen LogP contribution in [0.1, 0.15) is 29.2 Å². The van der Waals surface area contributed by atoms with Gasteiger partial charge in [0.1, 0.15) is 28.4 Å². The monoisotopic (exact) mass is 1530 g/mol. The Bertz CT molecular complexity index is 3840. The van der Waals surface area contributed by atoms with Gasteiger partial charge in [-0.25, -0.2) is 14.0 Å². The van der Waals surface area contributed by atoms with Gasteiger partial charge < -0.3 is 41.4 Å². The molecule has 12 rings (SSSR count). The molecule has 448 valence electrons. The van der Waals surface area contributed by atoms with Crippen LogP contribution in [0.5, 0.6) is 0 Å². The van der Waals surface area contributed by atoms with Crippen molar-refractivity contribution in [3.63, 3.8) is 0 Å². The van der Waals surface area contributed by atoms with Crippen molar-refractivity contribution in [1.82, 2.24) is 19.9 Å². The number of fused-ring (bicyclic) bond motifs is 6. The van der Waals surface area contributed by atoms with Crippen molar-refractivity contribution in [2.45, 2.75) is 40.1 Å². The van der Waals surface area contributed by atoms with Gasteiger partial charge in [-0.15, -0.1) is 94.3 Å². The van der Waals surface area contributed by atoms with Crippen LogP contribution < -0.4 is 0 Å². The zero-order chi connectivity index (χ0) is 59.4. The number of hydrogen-bond donors (Lipinski definition) is 3. The molecule has 12 aromatic rings. The quantitative estimate of drug-likeness (QED) is 0.0488. The number of rotatable bonds is 5. The summed E-state index contributed by atoms with van der Waals surface area (Å²) in [5.74, 6) is -0.599. The van der Waals surface area contributed by atoms with E-state index in [0.29, 0.717) is 16.7 Å². The van der Waals surface area contributed by atoms with Crippen LogP contribution in [0.4, 0.5) is 22.0 Å². The second-order valence-corrected chi connectivity index (χ2v) is 19.0. The van der Waals surface area contributed by atoms with Crippen molar-refractivity contribution in [3.05, 3.63) is 248 Å². The Morgan fingerprint density at radius 1 is 0.529 bits per heavy atom. The summed E-state index contributed by atoms with van der Waals surface area (Å²) in [7, 11) is -4.78. The molecule has 0 bridgehead atoms. The van der Waals surface area contributed by atoms with Gasteiger partial charge in [0.25, 0.3) is 0 Å². The Kier molecular flexibility index (Phi) is 28.8. The van der Waals surface area contributed by atoms with Crippen molar-refractivity contribution >= 4 is 54.0 Å². The summed E-state index contributed by atoms with van der Waals surface area (Å²) >= 11 is 0. The smallest absolute Gasteiger partial charge is 0.500 e. The van der Waals surface area contributed by atoms with Crippen LogP contribution in [0, 0.1) is 65.0 Å². The van der Waals surface area contributed by atoms with Crippen molar-refractivity contribution < 1.29 is 99.2 Å². The average Bonchev–Trinajstić information content (AvgIpc) is 3.62. The van der Waals surface area contributed by atoms with Crippen LogP contribution in [0.25, 0.3) is 88.9 Å². The number of benzene rings is 6. The molecular weight excluding hydrogens is 1480 g/mol. The molecule has 0 saturated heterocycles. The van der Waals surface area contributed by atoms with Crippen LogP contribution in [-0.2, 0) is 54.7 Å². The van der Waals surface area contributed by atoms with E-state index in [1.165, 1.54) is 35.4 Å². The number of aliphatic hydroxyl groups excluding tert-OH is 2. The van der Waals surface area contributed by atoms with Crippen LogP contribution in [0.2, 0.25) is 0 Å². The summed E-state index contributed by atoms with van der Waals surface area (Å²) in [6, 6.07) is 60.2. The molecule has 0 spiro atoms. The van der Waals surface area contributed by atoms with E-state index in [0.717, 1.165) is 90.4 Å². The molecule has 0 saturated carbocycles. The van der Waals surface area contributed by atoms with Gasteiger partial charge in [0, 0.05) is 113 Å². The van der Waals surface area contributed by atoms with E-state index in [4.69, 9.17) is 24.3 Å². The molecule has 2 radical (unpaired) electrons. The predicted octanol–water partition coefficient (Wildman–Crippen LogP) is 16.1. The summed E-state index contributed by atoms with van der Waals surface area (Å²) in [6.45, 7) is 10.0. The van der Waals surface area contributed by atoms with Crippen LogP contribution in [0.3, 0.4) is 0 Å². The molecule has 0 aliphatic rings. The average molecular weight is 1530 g/mol. The van der Waals surface area contributed by atoms with E-state index in [1.807, 2.05) is 155 Å². The SMILES string of the molecule is CCO.CO.Cc1ccc(-c2[c-]cccc2)nc1.Cc1ccc(-c2[c-]cccc2)nc1.Cc1ccnc(-c2[c-]ccc3c2oc2cc(F)ccc23)c1.Cc1ccnc(-c2cccc3c2oc2cc(F)ccc23)c1.O=S(=O)(OO)C(F)(F)F.[CH3-].[Ir].[Ir]. The Labute approximate surface area is 516 Å². The number of hydrogen-bond acceptors (Lipinski definition) is 12. The molecule has 6 aromatic carbocycles. The maximum absolute atomic E-state index is 13.4. The first kappa shape index (κ1) is 71.5. The fourth-order valence-electron chi connectivity index (χ4n) is 7.64. The Balaban J connectivity index is 0.000000279. The normalized spacial score (nSPS) is 10.4. The maximum Gasteiger partial charge on any atom is 0.525 e. The summed E-state index contributed by atoms with van der Waals surface area (Å²) in [5, 5.41) is 25.4. The molecule has 12 nitrogen and oxygen atoms in total. The van der Waals surface area contributed by atoms with Crippen molar-refractivity contribution in [3.8, 4) is 45.0 Å². The van der Waals surface area contributed by atoms with E-state index < -0.39 is 15.6 Å². The number of alkyl halides is 3. The molecule has 6 aromatic heterocycles. The maximum atomic E-state index is 13.4. The van der Waals surface area contributed by atoms with Gasteiger partial charge in [-0.05, 0) is 117 Å². The minimum atomic E-state index is -5.78. The molecule has 0 unspecified atom stereocenters. The van der Waals surface area contributed by atoms with Gasteiger partial charge >= 0.3 is 15.6 Å².